The summed E-state index contributed by atoms with van der Waals surface area (Å²) in [6.07, 6.45) is 1.57. The Labute approximate surface area is 107 Å². The second kappa shape index (κ2) is 4.53. The first kappa shape index (κ1) is 11.6. The number of Topliss-reactive ketones (excluding diaryl/α,β-unsaturated/α-hetero) is 1. The molecule has 0 aliphatic heterocycles. The summed E-state index contributed by atoms with van der Waals surface area (Å²) in [6.45, 7) is 1.52. The molecular weight excluding hydrogens is 265 g/mol. The number of rotatable bonds is 2. The predicted molar refractivity (Wildman–Crippen MR) is 67.6 cm³/mol. The molecule has 1 aromatic heterocycles. The molecule has 1 heterocycles. The van der Waals surface area contributed by atoms with E-state index in [-0.39, 0.29) is 5.78 Å². The van der Waals surface area contributed by atoms with Gasteiger partial charge in [0, 0.05) is 28.7 Å². The van der Waals surface area contributed by atoms with Gasteiger partial charge in [0.25, 0.3) is 0 Å². The van der Waals surface area contributed by atoms with E-state index in [1.54, 1.807) is 24.4 Å². The highest BCUT2D eigenvalue weighted by Gasteiger charge is 2.09. The SMILES string of the molecule is CC(=O)c1cnc(-c2cc(Cl)cc(Cl)c2)s1. The third kappa shape index (κ3) is 2.43. The summed E-state index contributed by atoms with van der Waals surface area (Å²) in [4.78, 5) is 15.9. The van der Waals surface area contributed by atoms with Gasteiger partial charge in [0.15, 0.2) is 5.78 Å². The smallest absolute Gasteiger partial charge is 0.171 e. The van der Waals surface area contributed by atoms with Crippen molar-refractivity contribution in [1.82, 2.24) is 4.98 Å². The third-order valence-electron chi connectivity index (χ3n) is 1.96. The molecule has 0 N–H and O–H groups in total. The number of benzene rings is 1. The minimum Gasteiger partial charge on any atom is -0.294 e. The summed E-state index contributed by atoms with van der Waals surface area (Å²) in [6, 6.07) is 5.21. The number of carbonyl (C=O) groups excluding carboxylic acids is 1. The maximum atomic E-state index is 11.1. The van der Waals surface area contributed by atoms with Crippen LogP contribution in [0.25, 0.3) is 10.6 Å². The lowest BCUT2D eigenvalue weighted by molar-refractivity contribution is 0.102. The summed E-state index contributed by atoms with van der Waals surface area (Å²) in [5.41, 5.74) is 0.829. The van der Waals surface area contributed by atoms with E-state index >= 15 is 0 Å². The lowest BCUT2D eigenvalue weighted by Crippen LogP contribution is -1.83. The highest BCUT2D eigenvalue weighted by atomic mass is 35.5. The van der Waals surface area contributed by atoms with Crippen molar-refractivity contribution in [3.63, 3.8) is 0 Å². The van der Waals surface area contributed by atoms with E-state index in [9.17, 15) is 4.79 Å². The molecule has 0 atom stereocenters. The van der Waals surface area contributed by atoms with Gasteiger partial charge >= 0.3 is 0 Å². The summed E-state index contributed by atoms with van der Waals surface area (Å²) in [7, 11) is 0. The molecule has 0 spiro atoms. The fourth-order valence-corrected chi connectivity index (χ4v) is 2.57. The Kier molecular flexibility index (Phi) is 3.28. The lowest BCUT2D eigenvalue weighted by Gasteiger charge is -1.98. The summed E-state index contributed by atoms with van der Waals surface area (Å²) >= 11 is 13.1. The first-order chi connectivity index (χ1) is 7.56. The summed E-state index contributed by atoms with van der Waals surface area (Å²) in [5.74, 6) is 0.0110. The molecule has 0 saturated carbocycles. The van der Waals surface area contributed by atoms with E-state index in [0.29, 0.717) is 14.9 Å². The molecule has 82 valence electrons. The number of aromatic nitrogens is 1. The number of nitrogens with zero attached hydrogens (tertiary/aromatic N) is 1. The normalized spacial score (nSPS) is 10.4. The van der Waals surface area contributed by atoms with Crippen LogP contribution in [0, 0.1) is 0 Å². The van der Waals surface area contributed by atoms with E-state index in [2.05, 4.69) is 4.98 Å². The maximum Gasteiger partial charge on any atom is 0.171 e. The zero-order valence-corrected chi connectivity index (χ0v) is 10.7. The molecule has 0 aliphatic rings. The number of ketones is 1. The van der Waals surface area contributed by atoms with Gasteiger partial charge in [-0.05, 0) is 18.2 Å². The molecule has 2 aromatic rings. The van der Waals surface area contributed by atoms with Crippen LogP contribution in [-0.4, -0.2) is 10.8 Å². The highest BCUT2D eigenvalue weighted by molar-refractivity contribution is 7.16. The van der Waals surface area contributed by atoms with Gasteiger partial charge in [0.2, 0.25) is 0 Å². The van der Waals surface area contributed by atoms with E-state index in [4.69, 9.17) is 23.2 Å². The second-order valence-corrected chi connectivity index (χ2v) is 5.15. The molecule has 0 fully saturated rings. The molecule has 2 nitrogen and oxygen atoms in total. The van der Waals surface area contributed by atoms with E-state index in [0.717, 1.165) is 10.6 Å². The van der Waals surface area contributed by atoms with Gasteiger partial charge in [0.05, 0.1) is 4.88 Å². The average Bonchev–Trinajstić information content (AvgIpc) is 2.64. The fraction of sp³-hybridized carbons (Fsp3) is 0.0909. The Morgan fingerprint density at radius 3 is 2.38 bits per heavy atom. The van der Waals surface area contributed by atoms with Crippen molar-refractivity contribution in [3.8, 4) is 10.6 Å². The van der Waals surface area contributed by atoms with Crippen molar-refractivity contribution < 1.29 is 4.79 Å². The number of halogens is 2. The van der Waals surface area contributed by atoms with Crippen molar-refractivity contribution >= 4 is 40.3 Å². The van der Waals surface area contributed by atoms with Crippen LogP contribution in [0.2, 0.25) is 10.0 Å². The second-order valence-electron chi connectivity index (χ2n) is 3.24. The minimum atomic E-state index is 0.0110. The maximum absolute atomic E-state index is 11.1. The fourth-order valence-electron chi connectivity index (χ4n) is 1.25. The number of thiazole rings is 1. The Bertz CT molecular complexity index is 530. The van der Waals surface area contributed by atoms with Gasteiger partial charge in [-0.2, -0.15) is 0 Å². The average molecular weight is 272 g/mol. The van der Waals surface area contributed by atoms with Gasteiger partial charge in [-0.25, -0.2) is 4.98 Å². The Morgan fingerprint density at radius 2 is 1.88 bits per heavy atom. The van der Waals surface area contributed by atoms with Gasteiger partial charge in [0.1, 0.15) is 5.01 Å². The van der Waals surface area contributed by atoms with Crippen molar-refractivity contribution in [2.45, 2.75) is 6.92 Å². The Balaban J connectivity index is 2.46. The number of carbonyl (C=O) groups is 1. The standard InChI is InChI=1S/C11H7Cl2NOS/c1-6(15)10-5-14-11(16-10)7-2-8(12)4-9(13)3-7/h2-5H,1H3. The van der Waals surface area contributed by atoms with Crippen LogP contribution in [0.3, 0.4) is 0 Å². The molecule has 2 rings (SSSR count). The first-order valence-corrected chi connectivity index (χ1v) is 6.07. The van der Waals surface area contributed by atoms with Crippen molar-refractivity contribution in [2.24, 2.45) is 0 Å². The molecular formula is C11H7Cl2NOS. The molecule has 0 bridgehead atoms. The molecule has 0 saturated heterocycles. The molecule has 0 amide bonds. The highest BCUT2D eigenvalue weighted by Crippen LogP contribution is 2.30. The monoisotopic (exact) mass is 271 g/mol. The number of hydrogen-bond acceptors (Lipinski definition) is 3. The molecule has 0 radical (unpaired) electrons. The quantitative estimate of drug-likeness (QED) is 0.762. The third-order valence-corrected chi connectivity index (χ3v) is 3.55. The topological polar surface area (TPSA) is 30.0 Å². The van der Waals surface area contributed by atoms with Crippen LogP contribution in [0.15, 0.2) is 24.4 Å². The van der Waals surface area contributed by atoms with Crippen LogP contribution in [-0.2, 0) is 0 Å². The van der Waals surface area contributed by atoms with Crippen LogP contribution in [0.1, 0.15) is 16.6 Å². The molecule has 0 unspecified atom stereocenters. The van der Waals surface area contributed by atoms with Gasteiger partial charge in [-0.15, -0.1) is 11.3 Å². The van der Waals surface area contributed by atoms with Crippen molar-refractivity contribution in [1.29, 1.82) is 0 Å². The van der Waals surface area contributed by atoms with Gasteiger partial charge in [-0.1, -0.05) is 23.2 Å². The predicted octanol–water partition coefficient (Wildman–Crippen LogP) is 4.32. The van der Waals surface area contributed by atoms with Crippen LogP contribution >= 0.6 is 34.5 Å². The van der Waals surface area contributed by atoms with Crippen LogP contribution in [0.4, 0.5) is 0 Å². The lowest BCUT2D eigenvalue weighted by atomic mass is 10.2. The number of hydrogen-bond donors (Lipinski definition) is 0. The Hall–Kier alpha value is -0.900. The summed E-state index contributed by atoms with van der Waals surface area (Å²) < 4.78 is 0. The first-order valence-electron chi connectivity index (χ1n) is 4.49. The zero-order valence-electron chi connectivity index (χ0n) is 8.33. The molecule has 0 aliphatic carbocycles. The molecule has 5 heteroatoms. The van der Waals surface area contributed by atoms with E-state index in [1.165, 1.54) is 18.3 Å². The zero-order chi connectivity index (χ0) is 11.7. The van der Waals surface area contributed by atoms with Crippen LogP contribution in [0.5, 0.6) is 0 Å². The van der Waals surface area contributed by atoms with E-state index in [1.807, 2.05) is 0 Å². The van der Waals surface area contributed by atoms with Crippen LogP contribution < -0.4 is 0 Å². The largest absolute Gasteiger partial charge is 0.294 e. The van der Waals surface area contributed by atoms with Gasteiger partial charge < -0.3 is 0 Å². The van der Waals surface area contributed by atoms with Crippen molar-refractivity contribution in [2.75, 3.05) is 0 Å². The molecule has 16 heavy (non-hydrogen) atoms. The molecule has 1 aromatic carbocycles. The van der Waals surface area contributed by atoms with Crippen molar-refractivity contribution in [3.05, 3.63) is 39.3 Å². The summed E-state index contributed by atoms with van der Waals surface area (Å²) in [5, 5.41) is 1.86. The Morgan fingerprint density at radius 1 is 1.25 bits per heavy atom. The van der Waals surface area contributed by atoms with E-state index < -0.39 is 0 Å². The minimum absolute atomic E-state index is 0.0110. The van der Waals surface area contributed by atoms with Gasteiger partial charge in [-0.3, -0.25) is 4.79 Å².